The minimum absolute atomic E-state index is 0.221. The van der Waals surface area contributed by atoms with E-state index < -0.39 is 0 Å². The molecule has 0 aromatic heterocycles. The van der Waals surface area contributed by atoms with Crippen molar-refractivity contribution in [1.29, 1.82) is 0 Å². The molecule has 1 aromatic rings. The molecule has 0 saturated carbocycles. The number of hydrogen-bond donors (Lipinski definition) is 3. The molecule has 0 amide bonds. The monoisotopic (exact) mass is 289 g/mol. The van der Waals surface area contributed by atoms with Crippen molar-refractivity contribution in [3.63, 3.8) is 0 Å². The van der Waals surface area contributed by atoms with Crippen LogP contribution >= 0.6 is 23.2 Å². The van der Waals surface area contributed by atoms with Crippen molar-refractivity contribution in [3.8, 4) is 0 Å². The molecule has 4 nitrogen and oxygen atoms in total. The van der Waals surface area contributed by atoms with Gasteiger partial charge >= 0.3 is 0 Å². The summed E-state index contributed by atoms with van der Waals surface area (Å²) in [5, 5.41) is 16.0. The molecule has 0 spiro atoms. The number of anilines is 1. The van der Waals surface area contributed by atoms with Crippen molar-refractivity contribution in [2.24, 2.45) is 16.3 Å². The van der Waals surface area contributed by atoms with Crippen LogP contribution in [0.3, 0.4) is 0 Å². The number of oxime groups is 1. The average Bonchev–Trinajstić information content (AvgIpc) is 2.32. The smallest absolute Gasteiger partial charge is 0.144 e. The first-order valence-corrected chi connectivity index (χ1v) is 6.29. The standard InChI is InChI=1S/C12H17Cl2N3O/c1-12(2,11(15)17-18)5-6-16-8-3-4-9(13)10(14)7-8/h3-4,7,16,18H,5-6H2,1-2H3,(H2,15,17). The summed E-state index contributed by atoms with van der Waals surface area (Å²) in [6.07, 6.45) is 0.725. The number of halogens is 2. The van der Waals surface area contributed by atoms with Gasteiger partial charge in [-0.25, -0.2) is 0 Å². The Morgan fingerprint density at radius 2 is 2.06 bits per heavy atom. The quantitative estimate of drug-likeness (QED) is 0.336. The van der Waals surface area contributed by atoms with E-state index in [-0.39, 0.29) is 11.3 Å². The van der Waals surface area contributed by atoms with E-state index in [4.69, 9.17) is 34.1 Å². The van der Waals surface area contributed by atoms with E-state index in [0.717, 1.165) is 12.1 Å². The van der Waals surface area contributed by atoms with Gasteiger partial charge in [0.2, 0.25) is 0 Å². The van der Waals surface area contributed by atoms with Gasteiger partial charge in [0.25, 0.3) is 0 Å². The molecule has 0 heterocycles. The van der Waals surface area contributed by atoms with Crippen LogP contribution in [-0.2, 0) is 0 Å². The molecule has 100 valence electrons. The van der Waals surface area contributed by atoms with Crippen LogP contribution in [0.15, 0.2) is 23.4 Å². The Bertz CT molecular complexity index is 447. The van der Waals surface area contributed by atoms with E-state index in [1.165, 1.54) is 0 Å². The lowest BCUT2D eigenvalue weighted by Crippen LogP contribution is -2.33. The maximum Gasteiger partial charge on any atom is 0.144 e. The maximum absolute atomic E-state index is 8.66. The summed E-state index contributed by atoms with van der Waals surface area (Å²) >= 11 is 11.7. The topological polar surface area (TPSA) is 70.6 Å². The third-order valence-electron chi connectivity index (χ3n) is 2.80. The van der Waals surface area contributed by atoms with Gasteiger partial charge in [0.05, 0.1) is 10.0 Å². The van der Waals surface area contributed by atoms with Gasteiger partial charge in [-0.3, -0.25) is 0 Å². The van der Waals surface area contributed by atoms with Crippen LogP contribution < -0.4 is 11.1 Å². The largest absolute Gasteiger partial charge is 0.409 e. The zero-order valence-corrected chi connectivity index (χ0v) is 11.9. The molecule has 0 atom stereocenters. The molecular formula is C12H17Cl2N3O. The van der Waals surface area contributed by atoms with Crippen molar-refractivity contribution in [2.45, 2.75) is 20.3 Å². The van der Waals surface area contributed by atoms with Crippen LogP contribution in [0.2, 0.25) is 10.0 Å². The van der Waals surface area contributed by atoms with E-state index in [2.05, 4.69) is 10.5 Å². The highest BCUT2D eigenvalue weighted by Gasteiger charge is 2.22. The van der Waals surface area contributed by atoms with Gasteiger partial charge in [0.1, 0.15) is 5.84 Å². The number of rotatable bonds is 5. The Balaban J connectivity index is 2.54. The predicted molar refractivity (Wildman–Crippen MR) is 76.8 cm³/mol. The molecule has 4 N–H and O–H groups in total. The Kier molecular flexibility index (Phi) is 5.11. The number of benzene rings is 1. The summed E-state index contributed by atoms with van der Waals surface area (Å²) in [4.78, 5) is 0. The molecule has 0 aliphatic heterocycles. The van der Waals surface area contributed by atoms with Crippen LogP contribution in [0.25, 0.3) is 0 Å². The molecule has 18 heavy (non-hydrogen) atoms. The minimum Gasteiger partial charge on any atom is -0.409 e. The highest BCUT2D eigenvalue weighted by Crippen LogP contribution is 2.26. The van der Waals surface area contributed by atoms with Crippen LogP contribution in [0.5, 0.6) is 0 Å². The first-order chi connectivity index (χ1) is 8.36. The minimum atomic E-state index is -0.363. The lowest BCUT2D eigenvalue weighted by Gasteiger charge is -2.23. The molecule has 0 unspecified atom stereocenters. The van der Waals surface area contributed by atoms with Crippen molar-refractivity contribution in [1.82, 2.24) is 0 Å². The van der Waals surface area contributed by atoms with Crippen LogP contribution in [0.4, 0.5) is 5.69 Å². The van der Waals surface area contributed by atoms with Gasteiger partial charge in [0, 0.05) is 17.6 Å². The van der Waals surface area contributed by atoms with Crippen molar-refractivity contribution < 1.29 is 5.21 Å². The zero-order chi connectivity index (χ0) is 13.8. The fourth-order valence-electron chi connectivity index (χ4n) is 1.39. The molecule has 0 saturated heterocycles. The summed E-state index contributed by atoms with van der Waals surface area (Å²) in [6.45, 7) is 4.51. The van der Waals surface area contributed by atoms with E-state index in [0.29, 0.717) is 16.6 Å². The van der Waals surface area contributed by atoms with Gasteiger partial charge in [0.15, 0.2) is 0 Å². The SMILES string of the molecule is CC(C)(CCNc1ccc(Cl)c(Cl)c1)C(N)=NO. The molecule has 1 aromatic carbocycles. The summed E-state index contributed by atoms with van der Waals surface area (Å²) in [5.41, 5.74) is 6.13. The highest BCUT2D eigenvalue weighted by atomic mass is 35.5. The first-order valence-electron chi connectivity index (χ1n) is 5.54. The van der Waals surface area contributed by atoms with E-state index in [1.807, 2.05) is 19.9 Å². The second kappa shape index (κ2) is 6.16. The van der Waals surface area contributed by atoms with Gasteiger partial charge in [-0.2, -0.15) is 0 Å². The Morgan fingerprint density at radius 3 is 2.61 bits per heavy atom. The molecule has 0 bridgehead atoms. The van der Waals surface area contributed by atoms with Gasteiger partial charge in [-0.1, -0.05) is 42.2 Å². The van der Waals surface area contributed by atoms with Crippen molar-refractivity contribution in [3.05, 3.63) is 28.2 Å². The highest BCUT2D eigenvalue weighted by molar-refractivity contribution is 6.42. The molecule has 1 rings (SSSR count). The number of nitrogens with one attached hydrogen (secondary N) is 1. The molecule has 6 heteroatoms. The summed E-state index contributed by atoms with van der Waals surface area (Å²) in [7, 11) is 0. The molecule has 0 radical (unpaired) electrons. The lowest BCUT2D eigenvalue weighted by molar-refractivity contribution is 0.306. The first kappa shape index (κ1) is 14.9. The van der Waals surface area contributed by atoms with Gasteiger partial charge in [-0.05, 0) is 24.6 Å². The lowest BCUT2D eigenvalue weighted by atomic mass is 9.88. The number of nitrogens with two attached hydrogens (primary N) is 1. The Hall–Kier alpha value is -1.13. The Morgan fingerprint density at radius 1 is 1.39 bits per heavy atom. The average molecular weight is 290 g/mol. The van der Waals surface area contributed by atoms with E-state index in [9.17, 15) is 0 Å². The number of nitrogens with zero attached hydrogens (tertiary/aromatic N) is 1. The summed E-state index contributed by atoms with van der Waals surface area (Å²) in [5.74, 6) is 0.221. The van der Waals surface area contributed by atoms with Crippen molar-refractivity contribution in [2.75, 3.05) is 11.9 Å². The third-order valence-corrected chi connectivity index (χ3v) is 3.54. The van der Waals surface area contributed by atoms with Crippen LogP contribution in [0, 0.1) is 5.41 Å². The zero-order valence-electron chi connectivity index (χ0n) is 10.4. The fourth-order valence-corrected chi connectivity index (χ4v) is 1.69. The maximum atomic E-state index is 8.66. The summed E-state index contributed by atoms with van der Waals surface area (Å²) < 4.78 is 0. The molecule has 0 fully saturated rings. The number of amidine groups is 1. The van der Waals surface area contributed by atoms with Crippen molar-refractivity contribution >= 4 is 34.7 Å². The normalized spacial score (nSPS) is 12.6. The van der Waals surface area contributed by atoms with E-state index >= 15 is 0 Å². The molecule has 0 aliphatic carbocycles. The second-order valence-electron chi connectivity index (χ2n) is 4.67. The number of hydrogen-bond acceptors (Lipinski definition) is 3. The Labute approximate surface area is 117 Å². The van der Waals surface area contributed by atoms with Gasteiger partial charge < -0.3 is 16.3 Å². The predicted octanol–water partition coefficient (Wildman–Crippen LogP) is 3.57. The third kappa shape index (κ3) is 3.96. The fraction of sp³-hybridized carbons (Fsp3) is 0.417. The second-order valence-corrected chi connectivity index (χ2v) is 5.49. The summed E-state index contributed by atoms with van der Waals surface area (Å²) in [6, 6.07) is 5.35. The van der Waals surface area contributed by atoms with Crippen LogP contribution in [0.1, 0.15) is 20.3 Å². The molecule has 0 aliphatic rings. The molecular weight excluding hydrogens is 273 g/mol. The van der Waals surface area contributed by atoms with E-state index in [1.54, 1.807) is 12.1 Å². The van der Waals surface area contributed by atoms with Gasteiger partial charge in [-0.15, -0.1) is 0 Å². The van der Waals surface area contributed by atoms with Crippen LogP contribution in [-0.4, -0.2) is 17.6 Å².